The zero-order valence-electron chi connectivity index (χ0n) is 15.0. The molecule has 1 aliphatic carbocycles. The van der Waals surface area contributed by atoms with Crippen molar-refractivity contribution in [1.29, 1.82) is 0 Å². The number of nitrogens with one attached hydrogen (secondary N) is 2. The Morgan fingerprint density at radius 1 is 0.963 bits per heavy atom. The number of rotatable bonds is 6. The van der Waals surface area contributed by atoms with Crippen molar-refractivity contribution in [3.05, 3.63) is 65.3 Å². The van der Waals surface area contributed by atoms with Crippen LogP contribution < -0.4 is 10.6 Å². The summed E-state index contributed by atoms with van der Waals surface area (Å²) in [5.74, 6) is 1.43. The highest BCUT2D eigenvalue weighted by Gasteiger charge is 2.17. The molecule has 138 valence electrons. The van der Waals surface area contributed by atoms with Crippen LogP contribution in [0.25, 0.3) is 11.4 Å². The van der Waals surface area contributed by atoms with Gasteiger partial charge in [-0.1, -0.05) is 42.6 Å². The van der Waals surface area contributed by atoms with Crippen LogP contribution in [0.2, 0.25) is 5.02 Å². The third-order valence-corrected chi connectivity index (χ3v) is 4.98. The highest BCUT2D eigenvalue weighted by atomic mass is 35.5. The van der Waals surface area contributed by atoms with Crippen LogP contribution in [-0.2, 0) is 6.54 Å². The molecule has 6 heteroatoms. The smallest absolute Gasteiger partial charge is 0.225 e. The molecular formula is C21H22ClN5. The summed E-state index contributed by atoms with van der Waals surface area (Å²) in [6.45, 7) is 0.665. The maximum Gasteiger partial charge on any atom is 0.225 e. The molecule has 0 radical (unpaired) electrons. The lowest BCUT2D eigenvalue weighted by Gasteiger charge is -2.15. The Balaban J connectivity index is 1.57. The van der Waals surface area contributed by atoms with Crippen molar-refractivity contribution >= 4 is 23.4 Å². The molecule has 27 heavy (non-hydrogen) atoms. The van der Waals surface area contributed by atoms with E-state index in [0.29, 0.717) is 18.5 Å². The molecule has 2 heterocycles. The van der Waals surface area contributed by atoms with E-state index in [2.05, 4.69) is 20.6 Å². The van der Waals surface area contributed by atoms with Gasteiger partial charge in [0.05, 0.1) is 11.4 Å². The van der Waals surface area contributed by atoms with Crippen molar-refractivity contribution in [2.75, 3.05) is 10.6 Å². The summed E-state index contributed by atoms with van der Waals surface area (Å²) in [5.41, 5.74) is 2.79. The lowest BCUT2D eigenvalue weighted by molar-refractivity contribution is 0.744. The summed E-state index contributed by atoms with van der Waals surface area (Å²) in [6.07, 6.45) is 6.65. The SMILES string of the molecule is Clc1ccc(CNc2cc(-c3ccccn3)nc(NC3CCCC3)n2)cc1. The highest BCUT2D eigenvalue weighted by molar-refractivity contribution is 6.30. The van der Waals surface area contributed by atoms with Crippen molar-refractivity contribution in [2.45, 2.75) is 38.3 Å². The molecular weight excluding hydrogens is 358 g/mol. The van der Waals surface area contributed by atoms with Crippen molar-refractivity contribution in [3.8, 4) is 11.4 Å². The predicted molar refractivity (Wildman–Crippen MR) is 110 cm³/mol. The molecule has 0 aliphatic heterocycles. The van der Waals surface area contributed by atoms with Gasteiger partial charge in [0, 0.05) is 29.9 Å². The van der Waals surface area contributed by atoms with Crippen LogP contribution >= 0.6 is 11.6 Å². The summed E-state index contributed by atoms with van der Waals surface area (Å²) in [7, 11) is 0. The second-order valence-electron chi connectivity index (χ2n) is 6.78. The minimum Gasteiger partial charge on any atom is -0.366 e. The molecule has 3 aromatic rings. The zero-order chi connectivity index (χ0) is 18.5. The van der Waals surface area contributed by atoms with E-state index < -0.39 is 0 Å². The van der Waals surface area contributed by atoms with Crippen LogP contribution in [0, 0.1) is 0 Å². The fourth-order valence-electron chi connectivity index (χ4n) is 3.30. The van der Waals surface area contributed by atoms with Gasteiger partial charge in [0.25, 0.3) is 0 Å². The Morgan fingerprint density at radius 3 is 2.52 bits per heavy atom. The first-order chi connectivity index (χ1) is 13.3. The van der Waals surface area contributed by atoms with E-state index in [1.807, 2.05) is 48.5 Å². The van der Waals surface area contributed by atoms with Crippen LogP contribution in [0.5, 0.6) is 0 Å². The number of anilines is 2. The molecule has 1 saturated carbocycles. The van der Waals surface area contributed by atoms with Gasteiger partial charge in [0.2, 0.25) is 5.95 Å². The van der Waals surface area contributed by atoms with Gasteiger partial charge in [-0.3, -0.25) is 4.98 Å². The number of benzene rings is 1. The predicted octanol–water partition coefficient (Wildman–Crippen LogP) is 5.16. The van der Waals surface area contributed by atoms with Gasteiger partial charge in [-0.15, -0.1) is 0 Å². The topological polar surface area (TPSA) is 62.7 Å². The first-order valence-electron chi connectivity index (χ1n) is 9.31. The minimum absolute atomic E-state index is 0.452. The molecule has 0 unspecified atom stereocenters. The summed E-state index contributed by atoms with van der Waals surface area (Å²) < 4.78 is 0. The van der Waals surface area contributed by atoms with Crippen LogP contribution in [-0.4, -0.2) is 21.0 Å². The van der Waals surface area contributed by atoms with Gasteiger partial charge in [0.15, 0.2) is 0 Å². The quantitative estimate of drug-likeness (QED) is 0.619. The average Bonchev–Trinajstić information content (AvgIpc) is 3.21. The van der Waals surface area contributed by atoms with Crippen molar-refractivity contribution in [3.63, 3.8) is 0 Å². The van der Waals surface area contributed by atoms with E-state index in [1.54, 1.807) is 6.20 Å². The molecule has 0 bridgehead atoms. The molecule has 2 aromatic heterocycles. The van der Waals surface area contributed by atoms with Crippen LogP contribution in [0.15, 0.2) is 54.7 Å². The van der Waals surface area contributed by atoms with Gasteiger partial charge in [-0.25, -0.2) is 4.98 Å². The van der Waals surface area contributed by atoms with E-state index in [4.69, 9.17) is 16.6 Å². The molecule has 0 spiro atoms. The Bertz CT molecular complexity index is 877. The monoisotopic (exact) mass is 379 g/mol. The summed E-state index contributed by atoms with van der Waals surface area (Å²) >= 11 is 5.96. The number of halogens is 1. The highest BCUT2D eigenvalue weighted by Crippen LogP contribution is 2.24. The second kappa shape index (κ2) is 8.35. The number of hydrogen-bond donors (Lipinski definition) is 2. The Kier molecular flexibility index (Phi) is 5.49. The van der Waals surface area contributed by atoms with Crippen molar-refractivity contribution < 1.29 is 0 Å². The van der Waals surface area contributed by atoms with Crippen LogP contribution in [0.1, 0.15) is 31.2 Å². The number of pyridine rings is 1. The first kappa shape index (κ1) is 17.7. The van der Waals surface area contributed by atoms with Crippen molar-refractivity contribution in [2.24, 2.45) is 0 Å². The number of nitrogens with zero attached hydrogens (tertiary/aromatic N) is 3. The maximum absolute atomic E-state index is 5.96. The standard InChI is InChI=1S/C21H22ClN5/c22-16-10-8-15(9-11-16)14-24-20-13-19(18-7-3-4-12-23-18)26-21(27-20)25-17-5-1-2-6-17/h3-4,7-13,17H,1-2,5-6,14H2,(H2,24,25,26,27). The largest absolute Gasteiger partial charge is 0.366 e. The van der Waals surface area contributed by atoms with E-state index in [0.717, 1.165) is 27.8 Å². The lowest BCUT2D eigenvalue weighted by Crippen LogP contribution is -2.17. The van der Waals surface area contributed by atoms with Crippen molar-refractivity contribution in [1.82, 2.24) is 15.0 Å². The number of aromatic nitrogens is 3. The summed E-state index contributed by atoms with van der Waals surface area (Å²) in [4.78, 5) is 13.8. The molecule has 1 aromatic carbocycles. The van der Waals surface area contributed by atoms with Gasteiger partial charge in [-0.05, 0) is 42.7 Å². The molecule has 5 nitrogen and oxygen atoms in total. The third kappa shape index (κ3) is 4.74. The van der Waals surface area contributed by atoms with E-state index in [1.165, 1.54) is 25.7 Å². The Morgan fingerprint density at radius 2 is 1.78 bits per heavy atom. The molecule has 4 rings (SSSR count). The first-order valence-corrected chi connectivity index (χ1v) is 9.69. The fourth-order valence-corrected chi connectivity index (χ4v) is 3.42. The minimum atomic E-state index is 0.452. The molecule has 0 amide bonds. The van der Waals surface area contributed by atoms with Crippen LogP contribution in [0.4, 0.5) is 11.8 Å². The molecule has 1 fully saturated rings. The van der Waals surface area contributed by atoms with E-state index in [-0.39, 0.29) is 0 Å². The van der Waals surface area contributed by atoms with Gasteiger partial charge in [0.1, 0.15) is 5.82 Å². The zero-order valence-corrected chi connectivity index (χ0v) is 15.8. The van der Waals surface area contributed by atoms with E-state index >= 15 is 0 Å². The molecule has 2 N–H and O–H groups in total. The van der Waals surface area contributed by atoms with Gasteiger partial charge >= 0.3 is 0 Å². The normalized spacial score (nSPS) is 14.3. The molecule has 0 atom stereocenters. The number of hydrogen-bond acceptors (Lipinski definition) is 5. The second-order valence-corrected chi connectivity index (χ2v) is 7.22. The fraction of sp³-hybridized carbons (Fsp3) is 0.286. The van der Waals surface area contributed by atoms with E-state index in [9.17, 15) is 0 Å². The maximum atomic E-state index is 5.96. The summed E-state index contributed by atoms with van der Waals surface area (Å²) in [6, 6.07) is 16.0. The Hall–Kier alpha value is -2.66. The lowest BCUT2D eigenvalue weighted by atomic mass is 10.2. The molecule has 1 aliphatic rings. The van der Waals surface area contributed by atoms with Gasteiger partial charge in [-0.2, -0.15) is 4.98 Å². The van der Waals surface area contributed by atoms with Gasteiger partial charge < -0.3 is 10.6 Å². The average molecular weight is 380 g/mol. The summed E-state index contributed by atoms with van der Waals surface area (Å²) in [5, 5.41) is 7.62. The molecule has 0 saturated heterocycles. The van der Waals surface area contributed by atoms with Crippen LogP contribution in [0.3, 0.4) is 0 Å². The third-order valence-electron chi connectivity index (χ3n) is 4.73. The Labute approximate surface area is 164 Å².